The lowest BCUT2D eigenvalue weighted by Crippen LogP contribution is -2.31. The van der Waals surface area contributed by atoms with E-state index in [9.17, 15) is 4.79 Å². The maximum atomic E-state index is 12.0. The van der Waals surface area contributed by atoms with Gasteiger partial charge in [-0.25, -0.2) is 0 Å². The molecule has 0 aromatic heterocycles. The summed E-state index contributed by atoms with van der Waals surface area (Å²) >= 11 is 0. The maximum Gasteiger partial charge on any atom is 0.254 e. The number of hydrogen-bond donors (Lipinski definition) is 0. The Morgan fingerprint density at radius 2 is 0.830 bits per heavy atom. The number of para-hydroxylation sites is 1. The van der Waals surface area contributed by atoms with E-state index in [0.717, 1.165) is 45.6 Å². The Labute approximate surface area is 562 Å². The molecule has 2 atom stereocenters. The number of benzene rings is 8. The van der Waals surface area contributed by atoms with Crippen molar-refractivity contribution >= 4 is 5.91 Å². The number of carbonyl (C=O) groups excluding carboxylic acids is 1. The third kappa shape index (κ3) is 25.8. The van der Waals surface area contributed by atoms with Crippen LogP contribution in [0.2, 0.25) is 0 Å². The molecule has 7 nitrogen and oxygen atoms in total. The average Bonchev–Trinajstić information content (AvgIpc) is 0.801. The zero-order valence-electron chi connectivity index (χ0n) is 54.9. The first-order valence-electron chi connectivity index (χ1n) is 30.8. The summed E-state index contributed by atoms with van der Waals surface area (Å²) in [6, 6.07) is 76.8. The molecule has 0 N–H and O–H groups in total. The van der Waals surface area contributed by atoms with Gasteiger partial charge >= 0.3 is 0 Å². The van der Waals surface area contributed by atoms with E-state index >= 15 is 0 Å². The highest BCUT2D eigenvalue weighted by Gasteiger charge is 2.34. The van der Waals surface area contributed by atoms with Crippen LogP contribution in [-0.2, 0) is 42.2 Å². The summed E-state index contributed by atoms with van der Waals surface area (Å²) in [6.07, 6.45) is 27.8. The Morgan fingerprint density at radius 1 is 0.447 bits per heavy atom. The maximum absolute atomic E-state index is 12.0. The first-order valence-corrected chi connectivity index (χ1v) is 30.8. The van der Waals surface area contributed by atoms with Gasteiger partial charge in [-0.15, -0.1) is 71.4 Å². The second-order valence-electron chi connectivity index (χ2n) is 20.2. The molecule has 0 fully saturated rings. The highest BCUT2D eigenvalue weighted by molar-refractivity contribution is 5.94. The van der Waals surface area contributed by atoms with Crippen LogP contribution in [0.1, 0.15) is 69.3 Å². The number of amides is 1. The summed E-state index contributed by atoms with van der Waals surface area (Å²) in [5.74, 6) is 12.6. The molecule has 0 saturated heterocycles. The van der Waals surface area contributed by atoms with Crippen LogP contribution >= 0.6 is 0 Å². The Balaban J connectivity index is 0.000000297. The van der Waals surface area contributed by atoms with Crippen LogP contribution in [-0.4, -0.2) is 56.9 Å². The molecule has 0 saturated carbocycles. The van der Waals surface area contributed by atoms with Gasteiger partial charge in [0.2, 0.25) is 0 Å². The Morgan fingerprint density at radius 3 is 1.22 bits per heavy atom. The fraction of sp³-hybridized carbons (Fsp3) is 0.161. The van der Waals surface area contributed by atoms with Crippen molar-refractivity contribution in [3.05, 3.63) is 395 Å². The Hall–Kier alpha value is -10.8. The minimum absolute atomic E-state index is 0.00963. The Kier molecular flexibility index (Phi) is 38.2. The van der Waals surface area contributed by atoms with Gasteiger partial charge in [-0.3, -0.25) is 4.79 Å². The van der Waals surface area contributed by atoms with Crippen LogP contribution in [0.4, 0.5) is 0 Å². The average molecular weight is 1250 g/mol. The molecule has 8 aromatic carbocycles. The van der Waals surface area contributed by atoms with Gasteiger partial charge in [0, 0.05) is 40.9 Å². The molecule has 8 aromatic rings. The van der Waals surface area contributed by atoms with Crippen molar-refractivity contribution in [1.82, 2.24) is 4.90 Å². The van der Waals surface area contributed by atoms with Gasteiger partial charge in [0.05, 0.1) is 26.4 Å². The van der Waals surface area contributed by atoms with Gasteiger partial charge in [-0.05, 0) is 55.2 Å². The SMILES string of the molecule is C#CC(C)(OCC=C)c1ccccc1.C#CC(OCC=C)(c1ccccc1)c1ccccc1.C=CCN(CC=C)C(=O)c1ccccc1.C=CCOC(C#CC)(c1ccccc1)c1ccccc1.C=CCOC(C=C)c1ccccc1.C=CCOc1ccccc1CC=C. The highest BCUT2D eigenvalue weighted by Crippen LogP contribution is 2.35. The van der Waals surface area contributed by atoms with Crippen molar-refractivity contribution in [2.75, 3.05) is 46.1 Å². The highest BCUT2D eigenvalue weighted by atomic mass is 16.5. The second-order valence-corrected chi connectivity index (χ2v) is 20.2. The fourth-order valence-electron chi connectivity index (χ4n) is 9.03. The normalized spacial score (nSPS) is 10.9. The zero-order valence-corrected chi connectivity index (χ0v) is 54.9. The number of hydrogen-bond acceptors (Lipinski definition) is 6. The minimum Gasteiger partial charge on any atom is -0.489 e. The number of allylic oxidation sites excluding steroid dienone is 1. The summed E-state index contributed by atoms with van der Waals surface area (Å²) in [4.78, 5) is 13.6. The van der Waals surface area contributed by atoms with E-state index in [1.807, 2.05) is 257 Å². The van der Waals surface area contributed by atoms with Crippen molar-refractivity contribution in [1.29, 1.82) is 0 Å². The van der Waals surface area contributed by atoms with Gasteiger partial charge < -0.3 is 28.6 Å². The van der Waals surface area contributed by atoms with E-state index in [1.54, 1.807) is 53.5 Å². The lowest BCUT2D eigenvalue weighted by atomic mass is 9.86. The smallest absolute Gasteiger partial charge is 0.254 e. The van der Waals surface area contributed by atoms with E-state index in [0.29, 0.717) is 51.7 Å². The van der Waals surface area contributed by atoms with Gasteiger partial charge in [-0.1, -0.05) is 297 Å². The third-order valence-corrected chi connectivity index (χ3v) is 13.6. The minimum atomic E-state index is -0.864. The van der Waals surface area contributed by atoms with Gasteiger partial charge in [-0.2, -0.15) is 0 Å². The number of rotatable bonds is 29. The first kappa shape index (κ1) is 77.5. The third-order valence-electron chi connectivity index (χ3n) is 13.6. The second kappa shape index (κ2) is 46.3. The van der Waals surface area contributed by atoms with E-state index in [-0.39, 0.29) is 12.0 Å². The first-order chi connectivity index (χ1) is 45.9. The van der Waals surface area contributed by atoms with E-state index < -0.39 is 16.8 Å². The van der Waals surface area contributed by atoms with Crippen molar-refractivity contribution in [2.45, 2.75) is 43.2 Å². The molecule has 1 amide bonds. The number of ether oxygens (including phenoxy) is 5. The van der Waals surface area contributed by atoms with Crippen LogP contribution < -0.4 is 4.74 Å². The quantitative estimate of drug-likeness (QED) is 0.0344. The van der Waals surface area contributed by atoms with Crippen LogP contribution in [0.25, 0.3) is 0 Å². The van der Waals surface area contributed by atoms with Crippen molar-refractivity contribution < 1.29 is 28.5 Å². The predicted molar refractivity (Wildman–Crippen MR) is 395 cm³/mol. The van der Waals surface area contributed by atoms with Gasteiger partial charge in [0.25, 0.3) is 5.91 Å². The number of carbonyl (C=O) groups is 1. The monoisotopic (exact) mass is 1250 g/mol. The molecular weight excluding hydrogens is 1150 g/mol. The number of terminal acetylenes is 2. The molecule has 0 aliphatic rings. The Bertz CT molecular complexity index is 3550. The molecule has 0 heterocycles. The van der Waals surface area contributed by atoms with Crippen LogP contribution in [0.3, 0.4) is 0 Å². The molecule has 0 aliphatic carbocycles. The summed E-state index contributed by atoms with van der Waals surface area (Å²) in [6.45, 7) is 40.1. The summed E-state index contributed by atoms with van der Waals surface area (Å²) in [5, 5.41) is 0. The van der Waals surface area contributed by atoms with Crippen LogP contribution in [0.15, 0.2) is 350 Å². The van der Waals surface area contributed by atoms with Crippen molar-refractivity contribution in [3.63, 3.8) is 0 Å². The molecule has 0 bridgehead atoms. The standard InChI is InChI=1S/C19H18O.C18H16O.C13H15NO.C13H14O.2C12H14O/c1-3-15-19(20-16-4-2,17-11-7-5-8-12-17)18-13-9-6-10-14-18;1-3-15-19-18(4-2,16-11-7-5-8-12-16)17-13-9-6-10-14-17;1-3-10-14(11-4-2)13(15)12-8-6-5-7-9-12;1-4-11-14-13(3,5-2)12-9-7-6-8-10-12;1-3-10-13-12(4-2)11-8-6-5-7-9-11;1-3-7-11-8-5-6-9-12(11)13-10-4-2/h4-14H,2,16H2,1H3;2-3,5-14H,1,15H2;3-9H,1-2,10-11H2;2,4,6-10H,1,11H2,3H3;3-9,12H,1-2,10H2;3-6,8-9H,1-2,7,10H2. The fourth-order valence-corrected chi connectivity index (χ4v) is 9.03. The van der Waals surface area contributed by atoms with Crippen LogP contribution in [0.5, 0.6) is 5.75 Å². The largest absolute Gasteiger partial charge is 0.489 e. The molecular formula is C87H91NO6. The molecule has 8 rings (SSSR count). The molecule has 2 unspecified atom stereocenters. The molecule has 480 valence electrons. The molecule has 94 heavy (non-hydrogen) atoms. The van der Waals surface area contributed by atoms with E-state index in [1.165, 1.54) is 5.56 Å². The lowest BCUT2D eigenvalue weighted by Gasteiger charge is -2.29. The number of nitrogens with zero attached hydrogens (tertiary/aromatic N) is 1. The molecule has 0 radical (unpaired) electrons. The van der Waals surface area contributed by atoms with Crippen LogP contribution in [0, 0.1) is 36.5 Å². The predicted octanol–water partition coefficient (Wildman–Crippen LogP) is 19.3. The zero-order chi connectivity index (χ0) is 68.4. The molecule has 0 spiro atoms. The van der Waals surface area contributed by atoms with E-state index in [2.05, 4.69) is 82.9 Å². The topological polar surface area (TPSA) is 66.5 Å². The summed E-state index contributed by atoms with van der Waals surface area (Å²) in [7, 11) is 0. The lowest BCUT2D eigenvalue weighted by molar-refractivity contribution is 0.0290. The van der Waals surface area contributed by atoms with Crippen molar-refractivity contribution in [2.24, 2.45) is 0 Å². The van der Waals surface area contributed by atoms with Gasteiger partial charge in [0.15, 0.2) is 16.8 Å². The summed E-state index contributed by atoms with van der Waals surface area (Å²) < 4.78 is 28.6. The molecule has 0 aliphatic heterocycles. The van der Waals surface area contributed by atoms with Gasteiger partial charge in [0.1, 0.15) is 18.5 Å². The summed E-state index contributed by atoms with van der Waals surface area (Å²) in [5.41, 5.74) is 5.67. The van der Waals surface area contributed by atoms with Crippen molar-refractivity contribution in [3.8, 4) is 42.3 Å². The molecule has 7 heteroatoms. The van der Waals surface area contributed by atoms with E-state index in [4.69, 9.17) is 36.5 Å².